The van der Waals surface area contributed by atoms with Crippen LogP contribution in [0.3, 0.4) is 0 Å². The van der Waals surface area contributed by atoms with Gasteiger partial charge in [0.15, 0.2) is 5.84 Å². The van der Waals surface area contributed by atoms with Crippen molar-refractivity contribution in [2.24, 2.45) is 15.7 Å². The third-order valence-electron chi connectivity index (χ3n) is 9.80. The molecule has 1 heterocycles. The van der Waals surface area contributed by atoms with Crippen molar-refractivity contribution in [3.05, 3.63) is 181 Å². The van der Waals surface area contributed by atoms with Gasteiger partial charge < -0.3 is 10.2 Å². The second kappa shape index (κ2) is 13.1. The fourth-order valence-electron chi connectivity index (χ4n) is 7.15. The number of allylic oxidation sites excluding steroid dienone is 2. The van der Waals surface area contributed by atoms with E-state index in [2.05, 4.69) is 133 Å². The van der Waals surface area contributed by atoms with Crippen molar-refractivity contribution < 1.29 is 4.42 Å². The van der Waals surface area contributed by atoms with Crippen LogP contribution in [-0.4, -0.2) is 18.2 Å². The Kier molecular flexibility index (Phi) is 7.82. The molecule has 0 bridgehead atoms. The molecule has 0 aliphatic heterocycles. The Balaban J connectivity index is 1.14. The molecule has 244 valence electrons. The van der Waals surface area contributed by atoms with Gasteiger partial charge in [-0.1, -0.05) is 140 Å². The molecule has 8 aromatic rings. The van der Waals surface area contributed by atoms with Gasteiger partial charge in [-0.25, -0.2) is 4.99 Å². The summed E-state index contributed by atoms with van der Waals surface area (Å²) in [4.78, 5) is 10.2. The molecule has 0 atom stereocenters. The van der Waals surface area contributed by atoms with E-state index in [-0.39, 0.29) is 0 Å². The number of hydrogen-bond acceptors (Lipinski definition) is 2. The lowest BCUT2D eigenvalue weighted by Crippen LogP contribution is -2.17. The number of fused-ring (bicyclic) bond motifs is 5. The monoisotopic (exact) mass is 657 g/mol. The van der Waals surface area contributed by atoms with Crippen LogP contribution in [0.5, 0.6) is 0 Å². The summed E-state index contributed by atoms with van der Waals surface area (Å²) in [5.74, 6) is 1.06. The minimum Gasteiger partial charge on any atom is -0.456 e. The minimum absolute atomic E-state index is 0.436. The van der Waals surface area contributed by atoms with Crippen molar-refractivity contribution >= 4 is 55.2 Å². The Morgan fingerprint density at radius 3 is 2.10 bits per heavy atom. The smallest absolute Gasteiger partial charge is 0.158 e. The molecule has 0 unspecified atom stereocenters. The van der Waals surface area contributed by atoms with E-state index in [1.165, 1.54) is 16.3 Å². The zero-order valence-electron chi connectivity index (χ0n) is 28.1. The van der Waals surface area contributed by atoms with Crippen LogP contribution in [0.25, 0.3) is 65.7 Å². The van der Waals surface area contributed by atoms with Crippen LogP contribution in [0, 0.1) is 0 Å². The van der Waals surface area contributed by atoms with Gasteiger partial charge in [-0.05, 0) is 86.5 Å². The highest BCUT2D eigenvalue weighted by Crippen LogP contribution is 2.36. The van der Waals surface area contributed by atoms with E-state index in [9.17, 15) is 0 Å². The van der Waals surface area contributed by atoms with Gasteiger partial charge in [-0.15, -0.1) is 0 Å². The molecule has 0 radical (unpaired) electrons. The zero-order valence-corrected chi connectivity index (χ0v) is 28.1. The van der Waals surface area contributed by atoms with Crippen molar-refractivity contribution in [3.8, 4) is 22.3 Å². The van der Waals surface area contributed by atoms with Gasteiger partial charge in [0.2, 0.25) is 0 Å². The quantitative estimate of drug-likeness (QED) is 0.143. The van der Waals surface area contributed by atoms with Gasteiger partial charge in [0.25, 0.3) is 0 Å². The van der Waals surface area contributed by atoms with Crippen LogP contribution in [0.1, 0.15) is 24.0 Å². The van der Waals surface area contributed by atoms with E-state index in [1.807, 2.05) is 30.3 Å². The van der Waals surface area contributed by atoms with Crippen LogP contribution < -0.4 is 5.73 Å². The highest BCUT2D eigenvalue weighted by atomic mass is 16.3. The second-order valence-electron chi connectivity index (χ2n) is 13.1. The Hall–Kier alpha value is -6.52. The molecule has 4 nitrogen and oxygen atoms in total. The molecule has 0 amide bonds. The predicted octanol–water partition coefficient (Wildman–Crippen LogP) is 11.7. The first-order valence-corrected chi connectivity index (χ1v) is 17.5. The lowest BCUT2D eigenvalue weighted by molar-refractivity contribution is 0.669. The number of amidine groups is 2. The summed E-state index contributed by atoms with van der Waals surface area (Å²) in [6.45, 7) is 0.527. The maximum Gasteiger partial charge on any atom is 0.158 e. The molecule has 0 spiro atoms. The summed E-state index contributed by atoms with van der Waals surface area (Å²) in [5, 5.41) is 6.86. The molecule has 2 N–H and O–H groups in total. The molecule has 51 heavy (non-hydrogen) atoms. The number of hydrogen-bond donors (Lipinski definition) is 1. The third-order valence-corrected chi connectivity index (χ3v) is 9.80. The fourth-order valence-corrected chi connectivity index (χ4v) is 7.15. The van der Waals surface area contributed by atoms with Crippen molar-refractivity contribution in [1.82, 2.24) is 0 Å². The van der Waals surface area contributed by atoms with Crippen molar-refractivity contribution in [3.63, 3.8) is 0 Å². The summed E-state index contributed by atoms with van der Waals surface area (Å²) in [6, 6.07) is 50.7. The minimum atomic E-state index is 0.436. The Morgan fingerprint density at radius 1 is 0.588 bits per heavy atom. The third kappa shape index (κ3) is 5.91. The number of furan rings is 1. The summed E-state index contributed by atoms with van der Waals surface area (Å²) in [5.41, 5.74) is 15.8. The molecule has 1 aliphatic rings. The van der Waals surface area contributed by atoms with Gasteiger partial charge in [0.1, 0.15) is 17.0 Å². The van der Waals surface area contributed by atoms with E-state index >= 15 is 0 Å². The SMILES string of the molecule is N/C(=N\C(=N/CC1=CCCC=C1)c1c(-c2ccc(-c3ccc4c(c3)oc3cc5ccccc5cc34)cc2)ccc2ccccc12)c1ccccc1. The van der Waals surface area contributed by atoms with E-state index in [4.69, 9.17) is 20.1 Å². The Bertz CT molecular complexity index is 2710. The van der Waals surface area contributed by atoms with Crippen molar-refractivity contribution in [1.29, 1.82) is 0 Å². The highest BCUT2D eigenvalue weighted by Gasteiger charge is 2.17. The number of nitrogens with zero attached hydrogens (tertiary/aromatic N) is 2. The molecule has 0 fully saturated rings. The number of benzene rings is 7. The molecule has 7 aromatic carbocycles. The van der Waals surface area contributed by atoms with Crippen LogP contribution in [0.15, 0.2) is 184 Å². The Labute approximate surface area is 296 Å². The average Bonchev–Trinajstić information content (AvgIpc) is 3.55. The Morgan fingerprint density at radius 2 is 1.29 bits per heavy atom. The number of rotatable bonds is 6. The lowest BCUT2D eigenvalue weighted by Gasteiger charge is -2.15. The largest absolute Gasteiger partial charge is 0.456 e. The first-order chi connectivity index (χ1) is 25.2. The maximum absolute atomic E-state index is 6.68. The van der Waals surface area contributed by atoms with Crippen LogP contribution in [0.4, 0.5) is 0 Å². The van der Waals surface area contributed by atoms with E-state index < -0.39 is 0 Å². The van der Waals surface area contributed by atoms with Crippen molar-refractivity contribution in [2.75, 3.05) is 6.54 Å². The van der Waals surface area contributed by atoms with Gasteiger partial charge in [-0.2, -0.15) is 0 Å². The van der Waals surface area contributed by atoms with Crippen LogP contribution in [0.2, 0.25) is 0 Å². The summed E-state index contributed by atoms with van der Waals surface area (Å²) < 4.78 is 6.39. The lowest BCUT2D eigenvalue weighted by atomic mass is 9.92. The molecule has 1 aliphatic carbocycles. The van der Waals surface area contributed by atoms with E-state index in [0.29, 0.717) is 18.2 Å². The fraction of sp³-hybridized carbons (Fsp3) is 0.0638. The molecule has 0 saturated carbocycles. The van der Waals surface area contributed by atoms with Gasteiger partial charge in [0.05, 0.1) is 6.54 Å². The second-order valence-corrected chi connectivity index (χ2v) is 13.1. The van der Waals surface area contributed by atoms with Gasteiger partial charge >= 0.3 is 0 Å². The topological polar surface area (TPSA) is 63.9 Å². The molecule has 0 saturated heterocycles. The van der Waals surface area contributed by atoms with Gasteiger partial charge in [-0.3, -0.25) is 4.99 Å². The van der Waals surface area contributed by atoms with Crippen LogP contribution >= 0.6 is 0 Å². The van der Waals surface area contributed by atoms with Crippen molar-refractivity contribution in [2.45, 2.75) is 12.8 Å². The first kappa shape index (κ1) is 30.5. The zero-order chi connectivity index (χ0) is 34.1. The first-order valence-electron chi connectivity index (χ1n) is 17.5. The molecular weight excluding hydrogens is 623 g/mol. The number of aliphatic imine (C=N–C) groups is 2. The number of nitrogens with two attached hydrogens (primary N) is 1. The standard InChI is InChI=1S/C47H35N3O/c48-46(35-14-5-2-6-15-35)50-47(49-30-31-11-3-1-4-12-31)45-39-18-10-9-13-33(39)23-25-40(45)34-21-19-32(20-22-34)38-24-26-41-42-27-36-16-7-8-17-37(36)28-44(42)51-43(41)29-38/h2-3,5-29H,1,4,30H2,(H2,48,49,50). The maximum atomic E-state index is 6.68. The molecule has 1 aromatic heterocycles. The van der Waals surface area contributed by atoms with E-state index in [1.54, 1.807) is 0 Å². The van der Waals surface area contributed by atoms with E-state index in [0.717, 1.165) is 78.9 Å². The molecular formula is C47H35N3O. The highest BCUT2D eigenvalue weighted by molar-refractivity contribution is 6.19. The van der Waals surface area contributed by atoms with Gasteiger partial charge in [0, 0.05) is 21.9 Å². The van der Waals surface area contributed by atoms with Crippen LogP contribution in [-0.2, 0) is 0 Å². The summed E-state index contributed by atoms with van der Waals surface area (Å²) in [7, 11) is 0. The summed E-state index contributed by atoms with van der Waals surface area (Å²) in [6.07, 6.45) is 8.73. The molecule has 9 rings (SSSR count). The average molecular weight is 658 g/mol. The summed E-state index contributed by atoms with van der Waals surface area (Å²) >= 11 is 0. The normalized spacial score (nSPS) is 13.8. The molecule has 4 heteroatoms. The predicted molar refractivity (Wildman–Crippen MR) is 215 cm³/mol.